The summed E-state index contributed by atoms with van der Waals surface area (Å²) in [5.41, 5.74) is 3.44. The minimum absolute atomic E-state index is 0.0937. The second-order valence-electron chi connectivity index (χ2n) is 7.19. The third-order valence-corrected chi connectivity index (χ3v) is 4.78. The number of rotatable bonds is 6. The number of para-hydroxylation sites is 1. The van der Waals surface area contributed by atoms with E-state index in [1.807, 2.05) is 60.8 Å². The van der Waals surface area contributed by atoms with Crippen LogP contribution in [0, 0.1) is 13.8 Å². The number of benzene rings is 2. The summed E-state index contributed by atoms with van der Waals surface area (Å²) in [5.74, 6) is -0.303. The molecule has 1 aromatic heterocycles. The first-order valence-electron chi connectivity index (χ1n) is 9.41. The standard InChI is InChI=1S/C22H23F3N4O/c1-15-20(16(2)29(27-15)19-7-5-4-6-8-19)13-28(3)14-21(30)26-18-11-9-17(10-12-18)22(23,24)25/h4-12H,13-14H2,1-3H3,(H,26,30). The molecule has 0 aliphatic heterocycles. The molecule has 0 aliphatic carbocycles. The summed E-state index contributed by atoms with van der Waals surface area (Å²) < 4.78 is 39.8. The number of alkyl halides is 3. The summed E-state index contributed by atoms with van der Waals surface area (Å²) in [6, 6.07) is 14.2. The van der Waals surface area contributed by atoms with E-state index in [-0.39, 0.29) is 12.5 Å². The number of aromatic nitrogens is 2. The molecule has 3 rings (SSSR count). The smallest absolute Gasteiger partial charge is 0.325 e. The van der Waals surface area contributed by atoms with E-state index < -0.39 is 11.7 Å². The third kappa shape index (κ3) is 5.07. The second kappa shape index (κ2) is 8.71. The summed E-state index contributed by atoms with van der Waals surface area (Å²) in [6.45, 7) is 4.53. The molecule has 5 nitrogen and oxygen atoms in total. The zero-order chi connectivity index (χ0) is 21.9. The predicted octanol–water partition coefficient (Wildman–Crippen LogP) is 4.58. The van der Waals surface area contributed by atoms with Crippen molar-refractivity contribution < 1.29 is 18.0 Å². The van der Waals surface area contributed by atoms with Crippen molar-refractivity contribution in [1.82, 2.24) is 14.7 Å². The molecule has 3 aromatic rings. The van der Waals surface area contributed by atoms with E-state index in [1.54, 1.807) is 0 Å². The Morgan fingerprint density at radius 2 is 1.70 bits per heavy atom. The number of hydrogen-bond donors (Lipinski definition) is 1. The van der Waals surface area contributed by atoms with Gasteiger partial charge < -0.3 is 5.32 Å². The van der Waals surface area contributed by atoms with Crippen LogP contribution < -0.4 is 5.32 Å². The average molecular weight is 416 g/mol. The van der Waals surface area contributed by atoms with E-state index in [2.05, 4.69) is 10.4 Å². The van der Waals surface area contributed by atoms with Gasteiger partial charge in [0.1, 0.15) is 0 Å². The molecule has 0 spiro atoms. The first-order chi connectivity index (χ1) is 14.1. The minimum atomic E-state index is -4.40. The maximum atomic E-state index is 12.6. The average Bonchev–Trinajstić information content (AvgIpc) is 2.96. The van der Waals surface area contributed by atoms with Crippen LogP contribution in [0.1, 0.15) is 22.5 Å². The van der Waals surface area contributed by atoms with E-state index in [1.165, 1.54) is 12.1 Å². The number of nitrogens with zero attached hydrogens (tertiary/aromatic N) is 3. The molecule has 2 aromatic carbocycles. The molecule has 8 heteroatoms. The Kier molecular flexibility index (Phi) is 6.26. The monoisotopic (exact) mass is 416 g/mol. The number of nitrogens with one attached hydrogen (secondary N) is 1. The lowest BCUT2D eigenvalue weighted by Gasteiger charge is -2.17. The summed E-state index contributed by atoms with van der Waals surface area (Å²) in [4.78, 5) is 14.1. The van der Waals surface area contributed by atoms with Gasteiger partial charge in [-0.3, -0.25) is 9.69 Å². The van der Waals surface area contributed by atoms with E-state index >= 15 is 0 Å². The zero-order valence-electron chi connectivity index (χ0n) is 17.0. The van der Waals surface area contributed by atoms with Crippen molar-refractivity contribution in [3.63, 3.8) is 0 Å². The van der Waals surface area contributed by atoms with Gasteiger partial charge in [0.25, 0.3) is 0 Å². The summed E-state index contributed by atoms with van der Waals surface area (Å²) >= 11 is 0. The second-order valence-corrected chi connectivity index (χ2v) is 7.19. The largest absolute Gasteiger partial charge is 0.416 e. The van der Waals surface area contributed by atoms with Crippen LogP contribution in [-0.2, 0) is 17.5 Å². The van der Waals surface area contributed by atoms with Gasteiger partial charge in [0.2, 0.25) is 5.91 Å². The van der Waals surface area contributed by atoms with Crippen LogP contribution in [0.15, 0.2) is 54.6 Å². The SMILES string of the molecule is Cc1nn(-c2ccccc2)c(C)c1CN(C)CC(=O)Nc1ccc(C(F)(F)F)cc1. The van der Waals surface area contributed by atoms with Crippen LogP contribution in [0.25, 0.3) is 5.69 Å². The van der Waals surface area contributed by atoms with Crippen LogP contribution in [-0.4, -0.2) is 34.2 Å². The molecule has 0 fully saturated rings. The molecular weight excluding hydrogens is 393 g/mol. The summed E-state index contributed by atoms with van der Waals surface area (Å²) in [5, 5.41) is 7.23. The highest BCUT2D eigenvalue weighted by Gasteiger charge is 2.30. The zero-order valence-corrected chi connectivity index (χ0v) is 17.0. The number of halogens is 3. The van der Waals surface area contributed by atoms with Crippen LogP contribution >= 0.6 is 0 Å². The van der Waals surface area contributed by atoms with Crippen LogP contribution in [0.5, 0.6) is 0 Å². The van der Waals surface area contributed by atoms with E-state index in [0.29, 0.717) is 12.2 Å². The molecule has 1 heterocycles. The molecule has 0 unspecified atom stereocenters. The lowest BCUT2D eigenvalue weighted by atomic mass is 10.2. The molecule has 158 valence electrons. The number of aryl methyl sites for hydroxylation is 1. The van der Waals surface area contributed by atoms with Crippen molar-refractivity contribution in [1.29, 1.82) is 0 Å². The maximum Gasteiger partial charge on any atom is 0.416 e. The Morgan fingerprint density at radius 1 is 1.07 bits per heavy atom. The molecular formula is C22H23F3N4O. The van der Waals surface area contributed by atoms with Crippen LogP contribution in [0.3, 0.4) is 0 Å². The van der Waals surface area contributed by atoms with Gasteiger partial charge in [0, 0.05) is 23.5 Å². The highest BCUT2D eigenvalue weighted by Crippen LogP contribution is 2.29. The third-order valence-electron chi connectivity index (χ3n) is 4.78. The Labute approximate surface area is 173 Å². The van der Waals surface area contributed by atoms with Crippen LogP contribution in [0.2, 0.25) is 0 Å². The van der Waals surface area contributed by atoms with E-state index in [4.69, 9.17) is 0 Å². The van der Waals surface area contributed by atoms with Crippen molar-refractivity contribution in [2.75, 3.05) is 18.9 Å². The van der Waals surface area contributed by atoms with Gasteiger partial charge >= 0.3 is 6.18 Å². The van der Waals surface area contributed by atoms with Gasteiger partial charge in [-0.05, 0) is 57.3 Å². The fourth-order valence-electron chi connectivity index (χ4n) is 3.24. The number of likely N-dealkylation sites (N-methyl/N-ethyl adjacent to an activating group) is 1. The maximum absolute atomic E-state index is 12.6. The fourth-order valence-corrected chi connectivity index (χ4v) is 3.24. The Morgan fingerprint density at radius 3 is 2.30 bits per heavy atom. The van der Waals surface area contributed by atoms with Crippen LogP contribution in [0.4, 0.5) is 18.9 Å². The molecule has 0 atom stereocenters. The number of amides is 1. The van der Waals surface area contributed by atoms with Gasteiger partial charge in [-0.2, -0.15) is 18.3 Å². The van der Waals surface area contributed by atoms with Gasteiger partial charge in [-0.25, -0.2) is 4.68 Å². The highest BCUT2D eigenvalue weighted by molar-refractivity contribution is 5.92. The Bertz CT molecular complexity index is 1010. The molecule has 0 saturated heterocycles. The van der Waals surface area contributed by atoms with Crippen molar-refractivity contribution in [3.8, 4) is 5.69 Å². The summed E-state index contributed by atoms with van der Waals surface area (Å²) in [7, 11) is 1.81. The minimum Gasteiger partial charge on any atom is -0.325 e. The molecule has 0 aliphatic rings. The number of hydrogen-bond acceptors (Lipinski definition) is 3. The molecule has 0 saturated carbocycles. The molecule has 30 heavy (non-hydrogen) atoms. The van der Waals surface area contributed by atoms with Crippen molar-refractivity contribution in [2.24, 2.45) is 0 Å². The quantitative estimate of drug-likeness (QED) is 0.640. The Balaban J connectivity index is 1.62. The molecule has 0 radical (unpaired) electrons. The summed E-state index contributed by atoms with van der Waals surface area (Å²) in [6.07, 6.45) is -4.40. The van der Waals surface area contributed by atoms with Gasteiger partial charge in [0.05, 0.1) is 23.5 Å². The topological polar surface area (TPSA) is 50.2 Å². The molecule has 1 amide bonds. The van der Waals surface area contributed by atoms with E-state index in [9.17, 15) is 18.0 Å². The van der Waals surface area contributed by atoms with Crippen molar-refractivity contribution in [3.05, 3.63) is 77.1 Å². The Hall–Kier alpha value is -3.13. The van der Waals surface area contributed by atoms with Crippen molar-refractivity contribution >= 4 is 11.6 Å². The lowest BCUT2D eigenvalue weighted by molar-refractivity contribution is -0.137. The normalized spacial score (nSPS) is 11.7. The van der Waals surface area contributed by atoms with Gasteiger partial charge in [-0.1, -0.05) is 18.2 Å². The number of carbonyl (C=O) groups excluding carboxylic acids is 1. The number of carbonyl (C=O) groups is 1. The predicted molar refractivity (Wildman–Crippen MR) is 109 cm³/mol. The lowest BCUT2D eigenvalue weighted by Crippen LogP contribution is -2.30. The number of anilines is 1. The highest BCUT2D eigenvalue weighted by atomic mass is 19.4. The first kappa shape index (κ1) is 21.6. The van der Waals surface area contributed by atoms with E-state index in [0.717, 1.165) is 34.8 Å². The fraction of sp³-hybridized carbons (Fsp3) is 0.273. The van der Waals surface area contributed by atoms with Crippen molar-refractivity contribution in [2.45, 2.75) is 26.6 Å². The first-order valence-corrected chi connectivity index (χ1v) is 9.41. The molecule has 0 bridgehead atoms. The molecule has 1 N–H and O–H groups in total. The van der Waals surface area contributed by atoms with Gasteiger partial charge in [-0.15, -0.1) is 0 Å². The van der Waals surface area contributed by atoms with Gasteiger partial charge in [0.15, 0.2) is 0 Å².